The largest absolute Gasteiger partial charge is 0.504 e. The van der Waals surface area contributed by atoms with Gasteiger partial charge in [0.15, 0.2) is 11.6 Å². The first-order valence-electron chi connectivity index (χ1n) is 3.74. The van der Waals surface area contributed by atoms with Crippen LogP contribution < -0.4 is 0 Å². The van der Waals surface area contributed by atoms with Crippen LogP contribution in [0.5, 0.6) is 5.75 Å². The molecule has 2 N–H and O–H groups in total. The van der Waals surface area contributed by atoms with Gasteiger partial charge < -0.3 is 10.2 Å². The zero-order valence-electron chi connectivity index (χ0n) is 6.82. The molecule has 0 aliphatic heterocycles. The first kappa shape index (κ1) is 8.96. The average Bonchev–Trinajstić information content (AvgIpc) is 2.56. The van der Waals surface area contributed by atoms with Gasteiger partial charge in [0.05, 0.1) is 0 Å². The van der Waals surface area contributed by atoms with E-state index in [0.717, 1.165) is 17.4 Å². The van der Waals surface area contributed by atoms with Gasteiger partial charge in [-0.05, 0) is 18.2 Å². The van der Waals surface area contributed by atoms with E-state index in [2.05, 4.69) is 0 Å². The highest BCUT2D eigenvalue weighted by molar-refractivity contribution is 7.20. The predicted octanol–water partition coefficient (Wildman–Crippen LogP) is 2.44. The monoisotopic (exact) mass is 212 g/mol. The Morgan fingerprint density at radius 1 is 1.43 bits per heavy atom. The maximum absolute atomic E-state index is 12.9. The molecule has 1 aromatic carbocycles. The minimum Gasteiger partial charge on any atom is -0.504 e. The third-order valence-corrected chi connectivity index (χ3v) is 2.92. The molecule has 72 valence electrons. The first-order chi connectivity index (χ1) is 6.59. The fourth-order valence-corrected chi connectivity index (χ4v) is 2.08. The van der Waals surface area contributed by atoms with Crippen LogP contribution in [0.2, 0.25) is 0 Å². The summed E-state index contributed by atoms with van der Waals surface area (Å²) in [6.45, 7) is 0. The van der Waals surface area contributed by atoms with E-state index in [1.54, 1.807) is 0 Å². The molecule has 3 nitrogen and oxygen atoms in total. The van der Waals surface area contributed by atoms with Crippen LogP contribution >= 0.6 is 11.3 Å². The number of rotatable bonds is 1. The number of fused-ring (bicyclic) bond motifs is 1. The van der Waals surface area contributed by atoms with Crippen molar-refractivity contribution in [3.63, 3.8) is 0 Å². The van der Waals surface area contributed by atoms with Crippen LogP contribution in [0.4, 0.5) is 4.39 Å². The molecule has 0 aliphatic carbocycles. The molecule has 0 aliphatic rings. The van der Waals surface area contributed by atoms with Gasteiger partial charge in [-0.25, -0.2) is 9.18 Å². The molecule has 0 radical (unpaired) electrons. The van der Waals surface area contributed by atoms with Crippen LogP contribution in [0.1, 0.15) is 9.67 Å². The number of phenolic OH excluding ortho intramolecular Hbond substituents is 1. The van der Waals surface area contributed by atoms with Gasteiger partial charge in [-0.2, -0.15) is 0 Å². The lowest BCUT2D eigenvalue weighted by Gasteiger charge is -1.94. The fourth-order valence-electron chi connectivity index (χ4n) is 1.18. The zero-order valence-corrected chi connectivity index (χ0v) is 7.64. The Labute approximate surface area is 82.0 Å². The van der Waals surface area contributed by atoms with Gasteiger partial charge in [0, 0.05) is 10.1 Å². The minimum absolute atomic E-state index is 0.0842. The van der Waals surface area contributed by atoms with Gasteiger partial charge in [0.2, 0.25) is 0 Å². The molecule has 0 unspecified atom stereocenters. The Bertz CT molecular complexity index is 518. The van der Waals surface area contributed by atoms with Crippen molar-refractivity contribution in [3.8, 4) is 5.75 Å². The first-order valence-corrected chi connectivity index (χ1v) is 4.55. The quantitative estimate of drug-likeness (QED) is 0.763. The summed E-state index contributed by atoms with van der Waals surface area (Å²) < 4.78 is 13.4. The van der Waals surface area contributed by atoms with Crippen molar-refractivity contribution in [2.75, 3.05) is 0 Å². The van der Waals surface area contributed by atoms with Gasteiger partial charge in [-0.1, -0.05) is 0 Å². The number of carbonyl (C=O) groups is 1. The van der Waals surface area contributed by atoms with Gasteiger partial charge >= 0.3 is 5.97 Å². The molecule has 1 heterocycles. The topological polar surface area (TPSA) is 57.5 Å². The number of halogens is 1. The number of carboxylic acid groups (broad SMARTS) is 1. The van der Waals surface area contributed by atoms with Crippen molar-refractivity contribution < 1.29 is 19.4 Å². The van der Waals surface area contributed by atoms with Crippen molar-refractivity contribution >= 4 is 27.4 Å². The third kappa shape index (κ3) is 1.22. The third-order valence-electron chi connectivity index (χ3n) is 1.83. The number of hydrogen-bond donors (Lipinski definition) is 2. The molecule has 1 aromatic heterocycles. The number of carboxylic acids is 1. The van der Waals surface area contributed by atoms with Crippen molar-refractivity contribution in [2.24, 2.45) is 0 Å². The Balaban J connectivity index is 2.77. The summed E-state index contributed by atoms with van der Waals surface area (Å²) in [7, 11) is 0. The lowest BCUT2D eigenvalue weighted by molar-refractivity contribution is 0.0702. The maximum Gasteiger partial charge on any atom is 0.345 e. The highest BCUT2D eigenvalue weighted by atomic mass is 32.1. The van der Waals surface area contributed by atoms with E-state index in [-0.39, 0.29) is 10.3 Å². The molecule has 0 bridgehead atoms. The summed E-state index contributed by atoms with van der Waals surface area (Å²) in [5, 5.41) is 18.2. The molecule has 0 amide bonds. The molecule has 0 saturated heterocycles. The lowest BCUT2D eigenvalue weighted by atomic mass is 10.2. The van der Waals surface area contributed by atoms with E-state index in [0.29, 0.717) is 4.70 Å². The van der Waals surface area contributed by atoms with Crippen molar-refractivity contribution in [3.05, 3.63) is 28.9 Å². The SMILES string of the molecule is O=C(O)c1cc2c(O)c(F)ccc2s1. The number of aromatic hydroxyl groups is 1. The Morgan fingerprint density at radius 2 is 2.14 bits per heavy atom. The highest BCUT2D eigenvalue weighted by Gasteiger charge is 2.13. The summed E-state index contributed by atoms with van der Waals surface area (Å²) in [5.41, 5.74) is 0. The standard InChI is InChI=1S/C9H5FO3S/c10-5-1-2-6-4(8(5)11)3-7(14-6)9(12)13/h1-3,11H,(H,12,13). The van der Waals surface area contributed by atoms with Crippen LogP contribution in [0, 0.1) is 5.82 Å². The van der Waals surface area contributed by atoms with Gasteiger partial charge in [-0.3, -0.25) is 0 Å². The molecule has 5 heteroatoms. The van der Waals surface area contributed by atoms with Crippen LogP contribution in [0.25, 0.3) is 10.1 Å². The summed E-state index contributed by atoms with van der Waals surface area (Å²) in [4.78, 5) is 10.7. The number of phenols is 1. The van der Waals surface area contributed by atoms with E-state index in [4.69, 9.17) is 5.11 Å². The normalized spacial score (nSPS) is 10.6. The number of thiophene rings is 1. The predicted molar refractivity (Wildman–Crippen MR) is 50.4 cm³/mol. The van der Waals surface area contributed by atoms with E-state index in [1.165, 1.54) is 12.1 Å². The van der Waals surface area contributed by atoms with E-state index < -0.39 is 17.5 Å². The van der Waals surface area contributed by atoms with Crippen molar-refractivity contribution in [2.45, 2.75) is 0 Å². The van der Waals surface area contributed by atoms with Crippen molar-refractivity contribution in [1.29, 1.82) is 0 Å². The number of benzene rings is 1. The summed E-state index contributed by atoms with van der Waals surface area (Å²) in [5.74, 6) is -2.32. The van der Waals surface area contributed by atoms with Crippen LogP contribution in [0.3, 0.4) is 0 Å². The minimum atomic E-state index is -1.08. The highest BCUT2D eigenvalue weighted by Crippen LogP contribution is 2.33. The summed E-state index contributed by atoms with van der Waals surface area (Å²) >= 11 is 1.00. The lowest BCUT2D eigenvalue weighted by Crippen LogP contribution is -1.89. The molecule has 0 atom stereocenters. The molecular weight excluding hydrogens is 207 g/mol. The molecular formula is C9H5FO3S. The van der Waals surface area contributed by atoms with Gasteiger partial charge in [0.25, 0.3) is 0 Å². The van der Waals surface area contributed by atoms with E-state index in [1.807, 2.05) is 0 Å². The van der Waals surface area contributed by atoms with Gasteiger partial charge in [0.1, 0.15) is 4.88 Å². The second kappa shape index (κ2) is 2.95. The Morgan fingerprint density at radius 3 is 2.79 bits per heavy atom. The zero-order chi connectivity index (χ0) is 10.3. The van der Waals surface area contributed by atoms with Crippen LogP contribution in [0.15, 0.2) is 18.2 Å². The number of hydrogen-bond acceptors (Lipinski definition) is 3. The van der Waals surface area contributed by atoms with Gasteiger partial charge in [-0.15, -0.1) is 11.3 Å². The van der Waals surface area contributed by atoms with E-state index >= 15 is 0 Å². The molecule has 0 saturated carbocycles. The molecule has 14 heavy (non-hydrogen) atoms. The van der Waals surface area contributed by atoms with Crippen LogP contribution in [-0.4, -0.2) is 16.2 Å². The molecule has 2 rings (SSSR count). The molecule has 0 spiro atoms. The smallest absolute Gasteiger partial charge is 0.345 e. The average molecular weight is 212 g/mol. The fraction of sp³-hybridized carbons (Fsp3) is 0. The molecule has 0 fully saturated rings. The Hall–Kier alpha value is -1.62. The second-order valence-electron chi connectivity index (χ2n) is 2.72. The molecule has 2 aromatic rings. The summed E-state index contributed by atoms with van der Waals surface area (Å²) in [6.07, 6.45) is 0. The maximum atomic E-state index is 12.9. The summed E-state index contributed by atoms with van der Waals surface area (Å²) in [6, 6.07) is 3.82. The second-order valence-corrected chi connectivity index (χ2v) is 3.81. The van der Waals surface area contributed by atoms with Crippen molar-refractivity contribution in [1.82, 2.24) is 0 Å². The Kier molecular flexibility index (Phi) is 1.89. The van der Waals surface area contributed by atoms with Crippen LogP contribution in [-0.2, 0) is 0 Å². The number of aromatic carboxylic acids is 1. The van der Waals surface area contributed by atoms with E-state index in [9.17, 15) is 14.3 Å².